The zero-order chi connectivity index (χ0) is 8.81. The molecule has 0 bridgehead atoms. The number of hydrogen-bond donors (Lipinski definition) is 0. The third kappa shape index (κ3) is 3.53. The summed E-state index contributed by atoms with van der Waals surface area (Å²) in [5.41, 5.74) is 1.40. The Morgan fingerprint density at radius 2 is 2.00 bits per heavy atom. The summed E-state index contributed by atoms with van der Waals surface area (Å²) in [7, 11) is 0. The minimum absolute atomic E-state index is 0.296. The number of allylic oxidation sites excluding steroid dienone is 1. The number of rotatable bonds is 3. The summed E-state index contributed by atoms with van der Waals surface area (Å²) in [6, 6.07) is 10.7. The molecule has 2 radical (unpaired) electrons. The standard InChI is InChI=1S/C9H7.CH3.2In/c1-2-6-9-7-4-3-5-8-9;;;/h1-5,7-8H;1H3;;. The van der Waals surface area contributed by atoms with Gasteiger partial charge in [-0.1, -0.05) is 0 Å². The molecule has 1 aromatic rings. The predicted molar refractivity (Wildman–Crippen MR) is 57.1 cm³/mol. The molecule has 1 rings (SSSR count). The summed E-state index contributed by atoms with van der Waals surface area (Å²) in [6.45, 7) is 0. The summed E-state index contributed by atoms with van der Waals surface area (Å²) in [6.07, 6.45) is 2.32. The van der Waals surface area contributed by atoms with Gasteiger partial charge in [0.25, 0.3) is 0 Å². The van der Waals surface area contributed by atoms with Crippen molar-refractivity contribution in [3.63, 3.8) is 0 Å². The fraction of sp³-hybridized carbons (Fsp3) is 0.100. The normalized spacial score (nSPS) is 10.0. The number of benzene rings is 1. The molecule has 12 heavy (non-hydrogen) atoms. The van der Waals surface area contributed by atoms with Crippen molar-refractivity contribution in [3.05, 3.63) is 45.8 Å². The van der Waals surface area contributed by atoms with Crippen molar-refractivity contribution in [2.45, 2.75) is 4.68 Å². The van der Waals surface area contributed by atoms with E-state index in [2.05, 4.69) is 44.9 Å². The molecule has 0 atom stereocenters. The van der Waals surface area contributed by atoms with Crippen LogP contribution in [0.15, 0.2) is 40.2 Å². The zero-order valence-corrected chi connectivity index (χ0v) is 13.8. The molecule has 0 aliphatic carbocycles. The first-order valence-electron chi connectivity index (χ1n) is 3.98. The van der Waals surface area contributed by atoms with Crippen molar-refractivity contribution in [1.29, 1.82) is 0 Å². The van der Waals surface area contributed by atoms with Crippen LogP contribution in [-0.4, -0.2) is 50.1 Å². The Kier molecular flexibility index (Phi) is 5.40. The van der Waals surface area contributed by atoms with Gasteiger partial charge in [0, 0.05) is 0 Å². The van der Waals surface area contributed by atoms with Crippen molar-refractivity contribution in [1.82, 2.24) is 0 Å². The summed E-state index contributed by atoms with van der Waals surface area (Å²) in [5.74, 6) is 0. The molecule has 0 nitrogen and oxygen atoms in total. The van der Waals surface area contributed by atoms with Gasteiger partial charge in [-0.05, 0) is 0 Å². The molecule has 0 amide bonds. The van der Waals surface area contributed by atoms with Crippen LogP contribution >= 0.6 is 0 Å². The van der Waals surface area contributed by atoms with Crippen LogP contribution < -0.4 is 0 Å². The van der Waals surface area contributed by atoms with Gasteiger partial charge < -0.3 is 0 Å². The molecule has 0 spiro atoms. The van der Waals surface area contributed by atoms with E-state index in [1.54, 1.807) is 0 Å². The molecule has 0 saturated heterocycles. The van der Waals surface area contributed by atoms with Crippen molar-refractivity contribution < 1.29 is 0 Å². The second kappa shape index (κ2) is 6.09. The van der Waals surface area contributed by atoms with Crippen molar-refractivity contribution in [3.8, 4) is 0 Å². The molecule has 0 saturated carbocycles. The van der Waals surface area contributed by atoms with Crippen LogP contribution in [-0.2, 0) is 0 Å². The van der Waals surface area contributed by atoms with Gasteiger partial charge in [0.15, 0.2) is 0 Å². The fourth-order valence-electron chi connectivity index (χ4n) is 0.927. The third-order valence-electron chi connectivity index (χ3n) is 1.58. The van der Waals surface area contributed by atoms with Crippen LogP contribution in [0.1, 0.15) is 5.56 Å². The summed E-state index contributed by atoms with van der Waals surface area (Å²) >= 11 is 0.921. The molecule has 56 valence electrons. The maximum atomic E-state index is 2.41. The predicted octanol–water partition coefficient (Wildman–Crippen LogP) is 1.64. The van der Waals surface area contributed by atoms with E-state index in [-0.39, 0.29) is 22.9 Å². The molecule has 0 heterocycles. The molecule has 0 aromatic heterocycles. The van der Waals surface area contributed by atoms with Crippen LogP contribution in [0.25, 0.3) is 0 Å². The van der Waals surface area contributed by atoms with Crippen LogP contribution in [0.4, 0.5) is 0 Å². The Morgan fingerprint density at radius 1 is 1.33 bits per heavy atom. The third-order valence-corrected chi connectivity index (χ3v) is 4.72. The average molecular weight is 360 g/mol. The van der Waals surface area contributed by atoms with E-state index in [0.29, 0.717) is 0 Å². The van der Waals surface area contributed by atoms with Crippen LogP contribution in [0.3, 0.4) is 0 Å². The van der Waals surface area contributed by atoms with E-state index in [0.717, 1.165) is 0 Å². The van der Waals surface area contributed by atoms with E-state index in [1.165, 1.54) is 32.7 Å². The minimum atomic E-state index is -0.296. The van der Waals surface area contributed by atoms with Gasteiger partial charge >= 0.3 is 101 Å². The molecule has 0 unspecified atom stereocenters. The first-order chi connectivity index (χ1) is 5.84. The van der Waals surface area contributed by atoms with Gasteiger partial charge in [0.1, 0.15) is 0 Å². The Morgan fingerprint density at radius 3 is 2.58 bits per heavy atom. The summed E-state index contributed by atoms with van der Waals surface area (Å²) < 4.78 is 6.27. The second-order valence-corrected chi connectivity index (χ2v) is 7.29. The first-order valence-corrected chi connectivity index (χ1v) is 10.8. The number of hydrogen-bond acceptors (Lipinski definition) is 0. The quantitative estimate of drug-likeness (QED) is 0.770. The Hall–Kier alpha value is 0.570. The van der Waals surface area contributed by atoms with Crippen molar-refractivity contribution in [2.75, 3.05) is 0 Å². The van der Waals surface area contributed by atoms with Gasteiger partial charge in [0.2, 0.25) is 0 Å². The fourth-order valence-corrected chi connectivity index (χ4v) is 4.74. The Bertz CT molecular complexity index is 275. The van der Waals surface area contributed by atoms with Gasteiger partial charge in [-0.3, -0.25) is 0 Å². The first kappa shape index (κ1) is 10.6. The molecule has 2 heteroatoms. The van der Waals surface area contributed by atoms with Crippen LogP contribution in [0.5, 0.6) is 0 Å². The van der Waals surface area contributed by atoms with Crippen LogP contribution in [0, 0.1) is 0 Å². The monoisotopic (exact) mass is 360 g/mol. The molecule has 0 fully saturated rings. The van der Waals surface area contributed by atoms with Gasteiger partial charge in [-0.2, -0.15) is 0 Å². The van der Waals surface area contributed by atoms with E-state index in [4.69, 9.17) is 0 Å². The molecule has 0 aliphatic rings. The van der Waals surface area contributed by atoms with Crippen molar-refractivity contribution >= 4 is 50.1 Å². The molecule has 0 aliphatic heterocycles. The van der Waals surface area contributed by atoms with E-state index in [9.17, 15) is 0 Å². The topological polar surface area (TPSA) is 0 Å². The molecule has 1 aromatic carbocycles. The second-order valence-electron chi connectivity index (χ2n) is 2.51. The summed E-state index contributed by atoms with van der Waals surface area (Å²) in [4.78, 5) is 0. The van der Waals surface area contributed by atoms with E-state index < -0.39 is 0 Å². The molecular weight excluding hydrogens is 350 g/mol. The van der Waals surface area contributed by atoms with E-state index in [1.807, 2.05) is 0 Å². The van der Waals surface area contributed by atoms with Crippen LogP contribution in [0.2, 0.25) is 4.68 Å². The molecular formula is C10H10In2. The Labute approximate surface area is 99.5 Å². The van der Waals surface area contributed by atoms with E-state index >= 15 is 0 Å². The zero-order valence-electron chi connectivity index (χ0n) is 7.20. The summed E-state index contributed by atoms with van der Waals surface area (Å²) in [5, 5.41) is 0. The van der Waals surface area contributed by atoms with Gasteiger partial charge in [0.05, 0.1) is 0 Å². The Balaban J connectivity index is 2.72. The van der Waals surface area contributed by atoms with Gasteiger partial charge in [-0.15, -0.1) is 0 Å². The molecule has 0 N–H and O–H groups in total. The average Bonchev–Trinajstić information content (AvgIpc) is 2.15. The maximum absolute atomic E-state index is 2.41. The van der Waals surface area contributed by atoms with Crippen molar-refractivity contribution in [2.24, 2.45) is 0 Å². The SMILES string of the molecule is [CH3][In]/[CH]=C\[C](=[In])c1ccccc1. The van der Waals surface area contributed by atoms with Gasteiger partial charge in [-0.25, -0.2) is 0 Å².